The van der Waals surface area contributed by atoms with Crippen molar-refractivity contribution in [1.82, 2.24) is 0 Å². The molecule has 1 atom stereocenters. The Bertz CT molecular complexity index is 296. The highest BCUT2D eigenvalue weighted by molar-refractivity contribution is 5.25. The average molecular weight is 195 g/mol. The standard InChI is InChI=1S/C12H18FN/c1-3-4-5-12(14)10-7-6-9(2)8-11(10)13/h6-8,12H,3-5,14H2,1-2H3/t12-/m1/s1. The van der Waals surface area contributed by atoms with Crippen LogP contribution in [0, 0.1) is 12.7 Å². The molecule has 0 aliphatic heterocycles. The van der Waals surface area contributed by atoms with Crippen LogP contribution >= 0.6 is 0 Å². The number of hydrogen-bond acceptors (Lipinski definition) is 1. The number of hydrogen-bond donors (Lipinski definition) is 1. The lowest BCUT2D eigenvalue weighted by Crippen LogP contribution is -2.12. The first-order chi connectivity index (χ1) is 6.65. The summed E-state index contributed by atoms with van der Waals surface area (Å²) < 4.78 is 13.4. The van der Waals surface area contributed by atoms with Gasteiger partial charge in [0.1, 0.15) is 5.82 Å². The van der Waals surface area contributed by atoms with Crippen molar-refractivity contribution in [2.45, 2.75) is 39.2 Å². The Hall–Kier alpha value is -0.890. The molecule has 0 bridgehead atoms. The number of aryl methyl sites for hydroxylation is 1. The Morgan fingerprint density at radius 3 is 2.71 bits per heavy atom. The molecule has 1 aromatic carbocycles. The largest absolute Gasteiger partial charge is 0.324 e. The molecular weight excluding hydrogens is 177 g/mol. The number of halogens is 1. The monoisotopic (exact) mass is 195 g/mol. The first-order valence-electron chi connectivity index (χ1n) is 5.16. The summed E-state index contributed by atoms with van der Waals surface area (Å²) in [6, 6.07) is 5.09. The van der Waals surface area contributed by atoms with Crippen LogP contribution in [0.5, 0.6) is 0 Å². The third-order valence-corrected chi connectivity index (χ3v) is 2.42. The van der Waals surface area contributed by atoms with E-state index in [2.05, 4.69) is 6.92 Å². The molecule has 2 N–H and O–H groups in total. The lowest BCUT2D eigenvalue weighted by atomic mass is 10.0. The Morgan fingerprint density at radius 2 is 2.14 bits per heavy atom. The van der Waals surface area contributed by atoms with Crippen LogP contribution in [0.15, 0.2) is 18.2 Å². The van der Waals surface area contributed by atoms with Crippen LogP contribution in [-0.2, 0) is 0 Å². The van der Waals surface area contributed by atoms with Crippen molar-refractivity contribution in [3.05, 3.63) is 35.1 Å². The second-order valence-electron chi connectivity index (χ2n) is 3.77. The van der Waals surface area contributed by atoms with Gasteiger partial charge in [-0.3, -0.25) is 0 Å². The first kappa shape index (κ1) is 11.2. The predicted octanol–water partition coefficient (Wildman–Crippen LogP) is 3.32. The highest BCUT2D eigenvalue weighted by Gasteiger charge is 2.10. The second kappa shape index (κ2) is 5.11. The van der Waals surface area contributed by atoms with E-state index >= 15 is 0 Å². The lowest BCUT2D eigenvalue weighted by molar-refractivity contribution is 0.547. The highest BCUT2D eigenvalue weighted by atomic mass is 19.1. The summed E-state index contributed by atoms with van der Waals surface area (Å²) in [6.07, 6.45) is 3.01. The first-order valence-corrected chi connectivity index (χ1v) is 5.16. The molecule has 0 radical (unpaired) electrons. The Morgan fingerprint density at radius 1 is 1.43 bits per heavy atom. The van der Waals surface area contributed by atoms with Crippen LogP contribution in [-0.4, -0.2) is 0 Å². The van der Waals surface area contributed by atoms with Gasteiger partial charge >= 0.3 is 0 Å². The van der Waals surface area contributed by atoms with Crippen molar-refractivity contribution in [1.29, 1.82) is 0 Å². The zero-order valence-electron chi connectivity index (χ0n) is 8.89. The zero-order valence-corrected chi connectivity index (χ0v) is 8.89. The maximum absolute atomic E-state index is 13.4. The maximum Gasteiger partial charge on any atom is 0.128 e. The normalized spacial score (nSPS) is 12.9. The molecule has 78 valence electrons. The van der Waals surface area contributed by atoms with Gasteiger partial charge in [-0.1, -0.05) is 31.9 Å². The van der Waals surface area contributed by atoms with Gasteiger partial charge in [0.25, 0.3) is 0 Å². The maximum atomic E-state index is 13.4. The minimum atomic E-state index is -0.173. The van der Waals surface area contributed by atoms with Crippen LogP contribution in [0.1, 0.15) is 43.4 Å². The number of nitrogens with two attached hydrogens (primary N) is 1. The van der Waals surface area contributed by atoms with E-state index in [0.717, 1.165) is 24.8 Å². The van der Waals surface area contributed by atoms with Crippen molar-refractivity contribution in [3.63, 3.8) is 0 Å². The molecule has 0 aromatic heterocycles. The van der Waals surface area contributed by atoms with Crippen molar-refractivity contribution in [3.8, 4) is 0 Å². The van der Waals surface area contributed by atoms with Crippen molar-refractivity contribution in [2.24, 2.45) is 5.73 Å². The third kappa shape index (κ3) is 2.81. The number of rotatable bonds is 4. The van der Waals surface area contributed by atoms with Gasteiger partial charge < -0.3 is 5.73 Å². The summed E-state index contributed by atoms with van der Waals surface area (Å²) >= 11 is 0. The fraction of sp³-hybridized carbons (Fsp3) is 0.500. The summed E-state index contributed by atoms with van der Waals surface area (Å²) in [4.78, 5) is 0. The molecule has 0 amide bonds. The molecule has 0 aliphatic rings. The highest BCUT2D eigenvalue weighted by Crippen LogP contribution is 2.20. The summed E-state index contributed by atoms with van der Waals surface area (Å²) in [5.74, 6) is -0.173. The molecule has 1 nitrogen and oxygen atoms in total. The predicted molar refractivity (Wildman–Crippen MR) is 57.6 cm³/mol. The number of unbranched alkanes of at least 4 members (excludes halogenated alkanes) is 1. The molecule has 0 heterocycles. The summed E-state index contributed by atoms with van der Waals surface area (Å²) in [6.45, 7) is 3.99. The van der Waals surface area contributed by atoms with Gasteiger partial charge in [-0.25, -0.2) is 4.39 Å². The molecule has 1 aromatic rings. The van der Waals surface area contributed by atoms with E-state index in [-0.39, 0.29) is 11.9 Å². The van der Waals surface area contributed by atoms with Gasteiger partial charge in [-0.2, -0.15) is 0 Å². The summed E-state index contributed by atoms with van der Waals surface area (Å²) in [5, 5.41) is 0. The van der Waals surface area contributed by atoms with E-state index in [0.29, 0.717) is 5.56 Å². The van der Waals surface area contributed by atoms with Crippen LogP contribution < -0.4 is 5.73 Å². The Labute approximate surface area is 85.1 Å². The van der Waals surface area contributed by atoms with Gasteiger partial charge in [0.2, 0.25) is 0 Å². The fourth-order valence-corrected chi connectivity index (χ4v) is 1.51. The minimum Gasteiger partial charge on any atom is -0.324 e. The molecule has 0 aliphatic carbocycles. The van der Waals surface area contributed by atoms with E-state index < -0.39 is 0 Å². The second-order valence-corrected chi connectivity index (χ2v) is 3.77. The zero-order chi connectivity index (χ0) is 10.6. The third-order valence-electron chi connectivity index (χ3n) is 2.42. The Kier molecular flexibility index (Phi) is 4.08. The van der Waals surface area contributed by atoms with Gasteiger partial charge in [0.05, 0.1) is 0 Å². The van der Waals surface area contributed by atoms with E-state index in [1.54, 1.807) is 12.1 Å². The molecule has 14 heavy (non-hydrogen) atoms. The molecular formula is C12H18FN. The van der Waals surface area contributed by atoms with Crippen LogP contribution in [0.2, 0.25) is 0 Å². The molecule has 0 spiro atoms. The molecule has 0 unspecified atom stereocenters. The molecule has 1 rings (SSSR count). The van der Waals surface area contributed by atoms with Crippen LogP contribution in [0.3, 0.4) is 0 Å². The van der Waals surface area contributed by atoms with E-state index in [9.17, 15) is 4.39 Å². The van der Waals surface area contributed by atoms with Gasteiger partial charge in [0, 0.05) is 11.6 Å². The van der Waals surface area contributed by atoms with Crippen molar-refractivity contribution >= 4 is 0 Å². The SMILES string of the molecule is CCCC[C@@H](N)c1ccc(C)cc1F. The average Bonchev–Trinajstić information content (AvgIpc) is 2.14. The van der Waals surface area contributed by atoms with Crippen molar-refractivity contribution in [2.75, 3.05) is 0 Å². The molecule has 0 fully saturated rings. The topological polar surface area (TPSA) is 26.0 Å². The lowest BCUT2D eigenvalue weighted by Gasteiger charge is -2.12. The van der Waals surface area contributed by atoms with Crippen molar-refractivity contribution < 1.29 is 4.39 Å². The molecule has 2 heteroatoms. The molecule has 0 saturated carbocycles. The van der Waals surface area contributed by atoms with Crippen LogP contribution in [0.4, 0.5) is 4.39 Å². The van der Waals surface area contributed by atoms with E-state index in [4.69, 9.17) is 5.73 Å². The minimum absolute atomic E-state index is 0.157. The molecule has 0 saturated heterocycles. The fourth-order valence-electron chi connectivity index (χ4n) is 1.51. The summed E-state index contributed by atoms with van der Waals surface area (Å²) in [5.41, 5.74) is 7.47. The van der Waals surface area contributed by atoms with E-state index in [1.165, 1.54) is 0 Å². The summed E-state index contributed by atoms with van der Waals surface area (Å²) in [7, 11) is 0. The quantitative estimate of drug-likeness (QED) is 0.783. The van der Waals surface area contributed by atoms with Crippen LogP contribution in [0.25, 0.3) is 0 Å². The van der Waals surface area contributed by atoms with Gasteiger partial charge in [-0.15, -0.1) is 0 Å². The smallest absolute Gasteiger partial charge is 0.128 e. The Balaban J connectivity index is 2.74. The number of benzene rings is 1. The van der Waals surface area contributed by atoms with Gasteiger partial charge in [0.15, 0.2) is 0 Å². The van der Waals surface area contributed by atoms with E-state index in [1.807, 2.05) is 13.0 Å². The van der Waals surface area contributed by atoms with Gasteiger partial charge in [-0.05, 0) is 25.0 Å².